The van der Waals surface area contributed by atoms with Crippen molar-refractivity contribution in [3.05, 3.63) is 0 Å². The quantitative estimate of drug-likeness (QED) is 0.416. The van der Waals surface area contributed by atoms with Gasteiger partial charge in [0.15, 0.2) is 0 Å². The predicted octanol–water partition coefficient (Wildman–Crippen LogP) is -0.498. The summed E-state index contributed by atoms with van der Waals surface area (Å²) in [4.78, 5) is 0. The van der Waals surface area contributed by atoms with Crippen LogP contribution in [-0.2, 0) is 0 Å². The van der Waals surface area contributed by atoms with Gasteiger partial charge in [0.1, 0.15) is 0 Å². The highest BCUT2D eigenvalue weighted by Crippen LogP contribution is 2.34. The third-order valence-electron chi connectivity index (χ3n) is 3.14. The minimum Gasteiger partial charge on any atom is -0.297 e. The van der Waals surface area contributed by atoms with Crippen LogP contribution in [0.3, 0.4) is 0 Å². The molecule has 0 aromatic carbocycles. The lowest BCUT2D eigenvalue weighted by atomic mass is 11.0. The fourth-order valence-electron chi connectivity index (χ4n) is 2.02. The Morgan fingerprint density at radius 2 is 1.00 bits per heavy atom. The Labute approximate surface area is 68.8 Å². The normalized spacial score (nSPS) is 32.5. The number of hydrogen-bond acceptors (Lipinski definition) is 3. The predicted molar refractivity (Wildman–Crippen MR) is 46.3 cm³/mol. The zero-order valence-electron chi connectivity index (χ0n) is 7.08. The van der Waals surface area contributed by atoms with Gasteiger partial charge < -0.3 is 0 Å². The molecule has 11 heavy (non-hydrogen) atoms. The van der Waals surface area contributed by atoms with E-state index in [0.717, 1.165) is 0 Å². The number of hydrogen-bond donors (Lipinski definition) is 0. The van der Waals surface area contributed by atoms with Gasteiger partial charge >= 0.3 is 0 Å². The summed E-state index contributed by atoms with van der Waals surface area (Å²) in [5.74, 6) is 0. The van der Waals surface area contributed by atoms with E-state index >= 15 is 0 Å². The molecule has 0 bridgehead atoms. The van der Waals surface area contributed by atoms with Crippen molar-refractivity contribution < 1.29 is 0 Å². The van der Waals surface area contributed by atoms with E-state index in [0.29, 0.717) is 0 Å². The molecule has 0 N–H and O–H groups in total. The van der Waals surface area contributed by atoms with E-state index in [4.69, 9.17) is 0 Å². The van der Waals surface area contributed by atoms with Crippen LogP contribution in [0.25, 0.3) is 0 Å². The van der Waals surface area contributed by atoms with Gasteiger partial charge in [-0.15, -0.1) is 0 Å². The lowest BCUT2D eigenvalue weighted by Gasteiger charge is -2.30. The zero-order valence-corrected chi connectivity index (χ0v) is 8.08. The lowest BCUT2D eigenvalue weighted by Crippen LogP contribution is -2.56. The van der Waals surface area contributed by atoms with Crippen molar-refractivity contribution in [2.75, 3.05) is 39.3 Å². The van der Waals surface area contributed by atoms with Crippen LogP contribution in [0, 0.1) is 0 Å². The third kappa shape index (κ3) is 0.902. The second kappa shape index (κ2) is 1.88. The molecule has 3 heterocycles. The van der Waals surface area contributed by atoms with Gasteiger partial charge in [-0.3, -0.25) is 13.7 Å². The van der Waals surface area contributed by atoms with Crippen molar-refractivity contribution in [1.82, 2.24) is 13.7 Å². The fraction of sp³-hybridized carbons (Fsp3) is 1.00. The maximum Gasteiger partial charge on any atom is 0.286 e. The number of rotatable bonds is 3. The standard InChI is InChI=1S/C7H15N3Si/c1-11(8-2-3-8,9-4-5-9)10-6-7-10/h2-7H2,1H3. The molecule has 0 aliphatic carbocycles. The second-order valence-corrected chi connectivity index (χ2v) is 7.77. The van der Waals surface area contributed by atoms with E-state index in [-0.39, 0.29) is 0 Å². The zero-order chi connectivity index (χ0) is 7.47. The smallest absolute Gasteiger partial charge is 0.286 e. The molecule has 3 aliphatic heterocycles. The summed E-state index contributed by atoms with van der Waals surface area (Å²) >= 11 is 0. The van der Waals surface area contributed by atoms with Gasteiger partial charge in [0.25, 0.3) is 8.56 Å². The number of nitrogens with zero attached hydrogens (tertiary/aromatic N) is 3. The van der Waals surface area contributed by atoms with Crippen molar-refractivity contribution in [1.29, 1.82) is 0 Å². The van der Waals surface area contributed by atoms with Crippen LogP contribution >= 0.6 is 0 Å². The minimum atomic E-state index is -1.15. The molecule has 0 aromatic heterocycles. The molecule has 62 valence electrons. The van der Waals surface area contributed by atoms with Gasteiger partial charge in [-0.1, -0.05) is 0 Å². The molecular weight excluding hydrogens is 154 g/mol. The van der Waals surface area contributed by atoms with Crippen LogP contribution < -0.4 is 0 Å². The van der Waals surface area contributed by atoms with Crippen molar-refractivity contribution in [2.45, 2.75) is 6.55 Å². The Kier molecular flexibility index (Phi) is 1.13. The fourth-order valence-corrected chi connectivity index (χ4v) is 6.06. The van der Waals surface area contributed by atoms with Crippen LogP contribution in [0.15, 0.2) is 0 Å². The molecule has 3 nitrogen and oxygen atoms in total. The van der Waals surface area contributed by atoms with Crippen LogP contribution in [0.1, 0.15) is 0 Å². The van der Waals surface area contributed by atoms with E-state index in [1.165, 1.54) is 39.3 Å². The molecule has 4 heteroatoms. The Bertz CT molecular complexity index is 153. The molecule has 3 aliphatic rings. The summed E-state index contributed by atoms with van der Waals surface area (Å²) in [6.07, 6.45) is 0. The Morgan fingerprint density at radius 3 is 1.18 bits per heavy atom. The first-order valence-electron chi connectivity index (χ1n) is 4.57. The molecule has 0 atom stereocenters. The van der Waals surface area contributed by atoms with E-state index in [9.17, 15) is 0 Å². The summed E-state index contributed by atoms with van der Waals surface area (Å²) in [5, 5.41) is 0. The van der Waals surface area contributed by atoms with Gasteiger partial charge in [0, 0.05) is 39.3 Å². The van der Waals surface area contributed by atoms with E-state index in [1.807, 2.05) is 0 Å². The van der Waals surface area contributed by atoms with E-state index in [1.54, 1.807) is 0 Å². The Balaban J connectivity index is 1.82. The first-order valence-corrected chi connectivity index (χ1v) is 6.91. The van der Waals surface area contributed by atoms with Crippen LogP contribution in [0.4, 0.5) is 0 Å². The molecule has 3 rings (SSSR count). The minimum absolute atomic E-state index is 1.15. The van der Waals surface area contributed by atoms with Crippen LogP contribution in [0.5, 0.6) is 0 Å². The summed E-state index contributed by atoms with van der Waals surface area (Å²) < 4.78 is 8.10. The van der Waals surface area contributed by atoms with Crippen molar-refractivity contribution in [3.63, 3.8) is 0 Å². The summed E-state index contributed by atoms with van der Waals surface area (Å²) in [5.41, 5.74) is 0. The SMILES string of the molecule is C[Si](N1CC1)(N1CC1)N1CC1. The summed E-state index contributed by atoms with van der Waals surface area (Å²) in [6, 6.07) is 0. The van der Waals surface area contributed by atoms with Crippen molar-refractivity contribution >= 4 is 8.56 Å². The Hall–Kier alpha value is 0.0969. The Morgan fingerprint density at radius 1 is 0.727 bits per heavy atom. The highest BCUT2D eigenvalue weighted by atomic mass is 28.4. The van der Waals surface area contributed by atoms with Gasteiger partial charge in [0.2, 0.25) is 0 Å². The van der Waals surface area contributed by atoms with Gasteiger partial charge in [0.05, 0.1) is 0 Å². The van der Waals surface area contributed by atoms with Gasteiger partial charge in [-0.2, -0.15) is 0 Å². The largest absolute Gasteiger partial charge is 0.297 e. The topological polar surface area (TPSA) is 9.03 Å². The molecular formula is C7H15N3Si. The summed E-state index contributed by atoms with van der Waals surface area (Å²) in [6.45, 7) is 10.7. The molecule has 0 saturated carbocycles. The molecule has 0 radical (unpaired) electrons. The monoisotopic (exact) mass is 169 g/mol. The lowest BCUT2D eigenvalue weighted by molar-refractivity contribution is 0.574. The average Bonchev–Trinajstić information content (AvgIpc) is 2.81. The van der Waals surface area contributed by atoms with Crippen LogP contribution in [0.2, 0.25) is 6.55 Å². The van der Waals surface area contributed by atoms with Crippen molar-refractivity contribution in [3.8, 4) is 0 Å². The molecule has 3 fully saturated rings. The highest BCUT2D eigenvalue weighted by Gasteiger charge is 2.57. The maximum absolute atomic E-state index is 2.70. The van der Waals surface area contributed by atoms with E-state index < -0.39 is 8.56 Å². The third-order valence-corrected chi connectivity index (χ3v) is 8.07. The van der Waals surface area contributed by atoms with Crippen LogP contribution in [-0.4, -0.2) is 61.5 Å². The summed E-state index contributed by atoms with van der Waals surface area (Å²) in [7, 11) is -1.15. The first kappa shape index (κ1) is 6.60. The second-order valence-electron chi connectivity index (χ2n) is 3.93. The van der Waals surface area contributed by atoms with Gasteiger partial charge in [-0.25, -0.2) is 0 Å². The van der Waals surface area contributed by atoms with E-state index in [2.05, 4.69) is 20.2 Å². The molecule has 3 saturated heterocycles. The van der Waals surface area contributed by atoms with Gasteiger partial charge in [-0.05, 0) is 6.55 Å². The first-order chi connectivity index (χ1) is 5.32. The molecule has 0 aromatic rings. The molecule has 0 amide bonds. The highest BCUT2D eigenvalue weighted by molar-refractivity contribution is 6.72. The van der Waals surface area contributed by atoms with Crippen molar-refractivity contribution in [2.24, 2.45) is 0 Å². The molecule has 0 unspecified atom stereocenters. The average molecular weight is 169 g/mol. The maximum atomic E-state index is 2.70. The molecule has 0 spiro atoms.